The van der Waals surface area contributed by atoms with Gasteiger partial charge in [0.05, 0.1) is 11.1 Å². The van der Waals surface area contributed by atoms with Gasteiger partial charge in [-0.2, -0.15) is 0 Å². The fourth-order valence-corrected chi connectivity index (χ4v) is 2.33. The van der Waals surface area contributed by atoms with Gasteiger partial charge in [0.1, 0.15) is 0 Å². The Kier molecular flexibility index (Phi) is 5.50. The third kappa shape index (κ3) is 3.95. The largest absolute Gasteiger partial charge is 0.478 e. The molecule has 1 aromatic rings. The summed E-state index contributed by atoms with van der Waals surface area (Å²) in [6.45, 7) is 5.14. The molecule has 0 bridgehead atoms. The maximum absolute atomic E-state index is 11.5. The van der Waals surface area contributed by atoms with Gasteiger partial charge >= 0.3 is 11.9 Å². The normalized spacial score (nSPS) is 13.8. The summed E-state index contributed by atoms with van der Waals surface area (Å²) >= 11 is 0. The third-order valence-corrected chi connectivity index (χ3v) is 3.21. The number of aliphatic carboxylic acids is 2. The number of rotatable bonds is 6. The number of carboxylic acid groups (broad SMARTS) is 2. The highest BCUT2D eigenvalue weighted by atomic mass is 16.4. The molecule has 0 aliphatic heterocycles. The van der Waals surface area contributed by atoms with Crippen LogP contribution < -0.4 is 0 Å². The van der Waals surface area contributed by atoms with Gasteiger partial charge in [-0.15, -0.1) is 0 Å². The minimum Gasteiger partial charge on any atom is -0.478 e. The van der Waals surface area contributed by atoms with Crippen molar-refractivity contribution >= 4 is 11.9 Å². The molecule has 0 spiro atoms. The first-order valence-corrected chi connectivity index (χ1v) is 6.59. The van der Waals surface area contributed by atoms with Crippen molar-refractivity contribution in [3.8, 4) is 0 Å². The van der Waals surface area contributed by atoms with E-state index in [1.54, 1.807) is 20.8 Å². The van der Waals surface area contributed by atoms with Crippen LogP contribution in [0.5, 0.6) is 0 Å². The molecular weight excluding hydrogens is 256 g/mol. The minimum atomic E-state index is -1.16. The molecule has 0 saturated heterocycles. The van der Waals surface area contributed by atoms with E-state index >= 15 is 0 Å². The number of benzene rings is 1. The summed E-state index contributed by atoms with van der Waals surface area (Å²) < 4.78 is 0. The lowest BCUT2D eigenvalue weighted by atomic mass is 9.86. The van der Waals surface area contributed by atoms with Gasteiger partial charge in [-0.05, 0) is 23.8 Å². The minimum absolute atomic E-state index is 0.00338. The summed E-state index contributed by atoms with van der Waals surface area (Å²) in [5.74, 6) is -3.00. The van der Waals surface area contributed by atoms with Gasteiger partial charge in [0.25, 0.3) is 0 Å². The summed E-state index contributed by atoms with van der Waals surface area (Å²) in [5, 5.41) is 18.6. The fraction of sp³-hybridized carbons (Fsp3) is 0.375. The first-order chi connectivity index (χ1) is 9.34. The second-order valence-corrected chi connectivity index (χ2v) is 5.18. The van der Waals surface area contributed by atoms with Crippen LogP contribution in [0.1, 0.15) is 26.3 Å². The van der Waals surface area contributed by atoms with Gasteiger partial charge in [0, 0.05) is 0 Å². The Bertz CT molecular complexity index is 515. The molecule has 0 heterocycles. The Morgan fingerprint density at radius 2 is 1.45 bits per heavy atom. The van der Waals surface area contributed by atoms with Crippen LogP contribution in [0.3, 0.4) is 0 Å². The molecule has 0 fully saturated rings. The Labute approximate surface area is 118 Å². The first-order valence-electron chi connectivity index (χ1n) is 6.59. The van der Waals surface area contributed by atoms with E-state index in [0.717, 1.165) is 5.56 Å². The van der Waals surface area contributed by atoms with E-state index in [0.29, 0.717) is 6.42 Å². The molecular formula is C16H20O4. The summed E-state index contributed by atoms with van der Waals surface area (Å²) in [6, 6.07) is 9.47. The molecule has 1 rings (SSSR count). The van der Waals surface area contributed by atoms with E-state index < -0.39 is 11.9 Å². The Hall–Kier alpha value is -2.10. The molecule has 108 valence electrons. The van der Waals surface area contributed by atoms with Crippen LogP contribution in [0.15, 0.2) is 41.5 Å². The predicted octanol–water partition coefficient (Wildman–Crippen LogP) is 2.99. The first kappa shape index (κ1) is 16.0. The van der Waals surface area contributed by atoms with E-state index in [1.165, 1.54) is 0 Å². The van der Waals surface area contributed by atoms with Crippen molar-refractivity contribution in [3.05, 3.63) is 47.0 Å². The Morgan fingerprint density at radius 3 is 1.85 bits per heavy atom. The highest BCUT2D eigenvalue weighted by molar-refractivity contribution is 5.99. The van der Waals surface area contributed by atoms with Crippen molar-refractivity contribution in [2.75, 3.05) is 0 Å². The van der Waals surface area contributed by atoms with E-state index in [1.807, 2.05) is 30.3 Å². The van der Waals surface area contributed by atoms with Gasteiger partial charge in [0.15, 0.2) is 0 Å². The molecule has 2 N–H and O–H groups in total. The second-order valence-electron chi connectivity index (χ2n) is 5.18. The smallest absolute Gasteiger partial charge is 0.332 e. The maximum Gasteiger partial charge on any atom is 0.332 e. The van der Waals surface area contributed by atoms with Crippen molar-refractivity contribution < 1.29 is 19.8 Å². The van der Waals surface area contributed by atoms with Crippen molar-refractivity contribution in [2.24, 2.45) is 11.8 Å². The highest BCUT2D eigenvalue weighted by Crippen LogP contribution is 2.25. The lowest BCUT2D eigenvalue weighted by molar-refractivity contribution is -0.136. The van der Waals surface area contributed by atoms with Crippen LogP contribution >= 0.6 is 0 Å². The zero-order valence-corrected chi connectivity index (χ0v) is 12.0. The quantitative estimate of drug-likeness (QED) is 0.783. The molecule has 20 heavy (non-hydrogen) atoms. The molecule has 0 aromatic heterocycles. The number of hydrogen-bond acceptors (Lipinski definition) is 2. The van der Waals surface area contributed by atoms with E-state index in [9.17, 15) is 19.8 Å². The lowest BCUT2D eigenvalue weighted by Crippen LogP contribution is -2.21. The highest BCUT2D eigenvalue weighted by Gasteiger charge is 2.27. The SMILES string of the molecule is CC(C)C(C(=O)O)=C(C(=O)O)C(C)Cc1ccccc1. The molecule has 1 aromatic carbocycles. The molecule has 1 atom stereocenters. The standard InChI is InChI=1S/C16H20O4/c1-10(2)13(15(17)18)14(16(19)20)11(3)9-12-7-5-4-6-8-12/h4-8,10-11H,9H2,1-3H3,(H,17,18)(H,19,20). The molecule has 1 unspecified atom stereocenters. The molecule has 0 saturated carbocycles. The average Bonchev–Trinajstić information content (AvgIpc) is 2.35. The van der Waals surface area contributed by atoms with E-state index in [4.69, 9.17) is 0 Å². The Balaban J connectivity index is 3.16. The second kappa shape index (κ2) is 6.89. The fourth-order valence-electron chi connectivity index (χ4n) is 2.33. The molecule has 0 amide bonds. The lowest BCUT2D eigenvalue weighted by Gasteiger charge is -2.18. The Morgan fingerprint density at radius 1 is 0.950 bits per heavy atom. The summed E-state index contributed by atoms with van der Waals surface area (Å²) in [5.41, 5.74) is 0.976. The van der Waals surface area contributed by atoms with Crippen LogP contribution in [0, 0.1) is 11.8 Å². The van der Waals surface area contributed by atoms with Crippen molar-refractivity contribution in [3.63, 3.8) is 0 Å². The van der Waals surface area contributed by atoms with Crippen LogP contribution in [-0.2, 0) is 16.0 Å². The van der Waals surface area contributed by atoms with Crippen LogP contribution in [-0.4, -0.2) is 22.2 Å². The topological polar surface area (TPSA) is 74.6 Å². The van der Waals surface area contributed by atoms with Crippen LogP contribution in [0.4, 0.5) is 0 Å². The number of carboxylic acids is 2. The van der Waals surface area contributed by atoms with Crippen LogP contribution in [0.25, 0.3) is 0 Å². The van der Waals surface area contributed by atoms with Gasteiger partial charge in [-0.1, -0.05) is 51.1 Å². The zero-order chi connectivity index (χ0) is 15.3. The van der Waals surface area contributed by atoms with Crippen molar-refractivity contribution in [1.82, 2.24) is 0 Å². The predicted molar refractivity (Wildman–Crippen MR) is 76.4 cm³/mol. The monoisotopic (exact) mass is 276 g/mol. The molecule has 4 nitrogen and oxygen atoms in total. The van der Waals surface area contributed by atoms with Gasteiger partial charge < -0.3 is 10.2 Å². The summed E-state index contributed by atoms with van der Waals surface area (Å²) in [6.07, 6.45) is 0.506. The van der Waals surface area contributed by atoms with Gasteiger partial charge in [-0.25, -0.2) is 9.59 Å². The zero-order valence-electron chi connectivity index (χ0n) is 12.0. The number of hydrogen-bond donors (Lipinski definition) is 2. The van der Waals surface area contributed by atoms with E-state index in [-0.39, 0.29) is 23.0 Å². The van der Waals surface area contributed by atoms with E-state index in [2.05, 4.69) is 0 Å². The average molecular weight is 276 g/mol. The molecule has 4 heteroatoms. The van der Waals surface area contributed by atoms with Crippen LogP contribution in [0.2, 0.25) is 0 Å². The van der Waals surface area contributed by atoms with Gasteiger partial charge in [-0.3, -0.25) is 0 Å². The summed E-state index contributed by atoms with van der Waals surface area (Å²) in [4.78, 5) is 22.8. The van der Waals surface area contributed by atoms with Crippen molar-refractivity contribution in [1.29, 1.82) is 0 Å². The van der Waals surface area contributed by atoms with Gasteiger partial charge in [0.2, 0.25) is 0 Å². The van der Waals surface area contributed by atoms with Crippen molar-refractivity contribution in [2.45, 2.75) is 27.2 Å². The molecule has 0 aliphatic carbocycles. The number of carbonyl (C=O) groups is 2. The molecule has 0 radical (unpaired) electrons. The maximum atomic E-state index is 11.5. The third-order valence-electron chi connectivity index (χ3n) is 3.21. The molecule has 0 aliphatic rings. The summed E-state index contributed by atoms with van der Waals surface area (Å²) in [7, 11) is 0.